The molecule has 2 heterocycles. The first kappa shape index (κ1) is 24.2. The number of fused-ring (bicyclic) bond motifs is 1. The van der Waals surface area contributed by atoms with Crippen LogP contribution in [0.15, 0.2) is 72.8 Å². The number of nitrogens with one attached hydrogen (secondary N) is 2. The number of hydrogen-bond acceptors (Lipinski definition) is 6. The fourth-order valence-electron chi connectivity index (χ4n) is 4.24. The molecule has 2 aliphatic heterocycles. The summed E-state index contributed by atoms with van der Waals surface area (Å²) in [6.07, 6.45) is 0.146. The first-order chi connectivity index (χ1) is 18.0. The molecule has 3 aromatic rings. The number of benzene rings is 3. The Bertz CT molecular complexity index is 1280. The Hall–Kier alpha value is -4.53. The highest BCUT2D eigenvalue weighted by Crippen LogP contribution is 2.32. The number of ether oxygens (including phenoxy) is 3. The van der Waals surface area contributed by atoms with Crippen molar-refractivity contribution in [2.45, 2.75) is 19.5 Å². The SMILES string of the molecule is O=C(COc1ccc(N2CC(C(=O)NCc3ccc4c(c3)OCO4)CC2=O)cc1)NCc1ccccc1. The molecule has 1 unspecified atom stereocenters. The molecule has 0 aromatic heterocycles. The average Bonchev–Trinajstić information content (AvgIpc) is 3.56. The lowest BCUT2D eigenvalue weighted by Gasteiger charge is -2.17. The minimum absolute atomic E-state index is 0.111. The van der Waals surface area contributed by atoms with E-state index < -0.39 is 5.92 Å². The highest BCUT2D eigenvalue weighted by atomic mass is 16.7. The number of anilines is 1. The van der Waals surface area contributed by atoms with E-state index >= 15 is 0 Å². The Balaban J connectivity index is 1.08. The average molecular weight is 502 g/mol. The quantitative estimate of drug-likeness (QED) is 0.467. The number of carbonyl (C=O) groups is 3. The molecule has 0 bridgehead atoms. The molecule has 1 saturated heterocycles. The second-order valence-electron chi connectivity index (χ2n) is 8.86. The Labute approximate surface area is 214 Å². The Morgan fingerprint density at radius 3 is 2.46 bits per heavy atom. The molecule has 0 aliphatic carbocycles. The van der Waals surface area contributed by atoms with Gasteiger partial charge in [-0.3, -0.25) is 14.4 Å². The van der Waals surface area contributed by atoms with E-state index in [0.29, 0.717) is 42.6 Å². The molecule has 1 fully saturated rings. The molecule has 3 aromatic carbocycles. The number of carbonyl (C=O) groups excluding carboxylic acids is 3. The summed E-state index contributed by atoms with van der Waals surface area (Å²) in [5.41, 5.74) is 2.58. The standard InChI is InChI=1S/C28H27N3O6/c32-26(29-14-19-4-2-1-3-5-19)17-35-23-9-7-22(8-10-23)31-16-21(13-27(31)33)28(34)30-15-20-6-11-24-25(12-20)37-18-36-24/h1-12,21H,13-18H2,(H,29,32)(H,30,34). The molecular weight excluding hydrogens is 474 g/mol. The van der Waals surface area contributed by atoms with E-state index in [1.165, 1.54) is 0 Å². The van der Waals surface area contributed by atoms with E-state index in [0.717, 1.165) is 11.1 Å². The first-order valence-corrected chi connectivity index (χ1v) is 12.1. The van der Waals surface area contributed by atoms with Crippen molar-refractivity contribution < 1.29 is 28.6 Å². The monoisotopic (exact) mass is 501 g/mol. The van der Waals surface area contributed by atoms with Crippen LogP contribution < -0.4 is 29.7 Å². The molecular formula is C28H27N3O6. The van der Waals surface area contributed by atoms with Crippen LogP contribution in [-0.4, -0.2) is 37.7 Å². The van der Waals surface area contributed by atoms with Crippen LogP contribution in [0.4, 0.5) is 5.69 Å². The van der Waals surface area contributed by atoms with Crippen molar-refractivity contribution in [3.8, 4) is 17.2 Å². The second kappa shape index (κ2) is 11.0. The molecule has 9 heteroatoms. The van der Waals surface area contributed by atoms with Crippen molar-refractivity contribution in [2.75, 3.05) is 24.8 Å². The third kappa shape index (κ3) is 6.00. The zero-order chi connectivity index (χ0) is 25.6. The van der Waals surface area contributed by atoms with Gasteiger partial charge in [0.2, 0.25) is 18.6 Å². The number of rotatable bonds is 9. The Kier molecular flexibility index (Phi) is 7.21. The van der Waals surface area contributed by atoms with Crippen LogP contribution in [0.25, 0.3) is 0 Å². The summed E-state index contributed by atoms with van der Waals surface area (Å²) < 4.78 is 16.2. The molecule has 2 aliphatic rings. The van der Waals surface area contributed by atoms with Crippen molar-refractivity contribution >= 4 is 23.4 Å². The van der Waals surface area contributed by atoms with Crippen LogP contribution in [0, 0.1) is 5.92 Å². The first-order valence-electron chi connectivity index (χ1n) is 12.1. The van der Waals surface area contributed by atoms with Crippen molar-refractivity contribution in [3.05, 3.63) is 83.9 Å². The van der Waals surface area contributed by atoms with Gasteiger partial charge in [0.1, 0.15) is 5.75 Å². The van der Waals surface area contributed by atoms with Gasteiger partial charge >= 0.3 is 0 Å². The van der Waals surface area contributed by atoms with Gasteiger partial charge in [0.25, 0.3) is 5.91 Å². The molecule has 5 rings (SSSR count). The van der Waals surface area contributed by atoms with Gasteiger partial charge in [-0.2, -0.15) is 0 Å². The smallest absolute Gasteiger partial charge is 0.258 e. The summed E-state index contributed by atoms with van der Waals surface area (Å²) in [5, 5.41) is 5.72. The predicted octanol–water partition coefficient (Wildman–Crippen LogP) is 2.78. The molecule has 0 saturated carbocycles. The number of amides is 3. The van der Waals surface area contributed by atoms with Crippen molar-refractivity contribution in [2.24, 2.45) is 5.92 Å². The van der Waals surface area contributed by atoms with Crippen LogP contribution in [-0.2, 0) is 27.5 Å². The molecule has 1 atom stereocenters. The van der Waals surface area contributed by atoms with Gasteiger partial charge < -0.3 is 29.7 Å². The Morgan fingerprint density at radius 2 is 1.65 bits per heavy atom. The Morgan fingerprint density at radius 1 is 0.892 bits per heavy atom. The van der Waals surface area contributed by atoms with Crippen molar-refractivity contribution in [1.82, 2.24) is 10.6 Å². The molecule has 0 spiro atoms. The molecule has 37 heavy (non-hydrogen) atoms. The lowest BCUT2D eigenvalue weighted by Crippen LogP contribution is -2.32. The lowest BCUT2D eigenvalue weighted by molar-refractivity contribution is -0.126. The molecule has 9 nitrogen and oxygen atoms in total. The van der Waals surface area contributed by atoms with E-state index in [1.54, 1.807) is 29.2 Å². The fourth-order valence-corrected chi connectivity index (χ4v) is 4.24. The summed E-state index contributed by atoms with van der Waals surface area (Å²) in [7, 11) is 0. The van der Waals surface area contributed by atoms with Crippen molar-refractivity contribution in [3.63, 3.8) is 0 Å². The van der Waals surface area contributed by atoms with Crippen LogP contribution in [0.5, 0.6) is 17.2 Å². The molecule has 2 N–H and O–H groups in total. The molecule has 0 radical (unpaired) electrons. The van der Waals surface area contributed by atoms with Gasteiger partial charge in [0.05, 0.1) is 5.92 Å². The van der Waals surface area contributed by atoms with Gasteiger partial charge in [0, 0.05) is 31.7 Å². The maximum absolute atomic E-state index is 12.7. The van der Waals surface area contributed by atoms with Crippen LogP contribution >= 0.6 is 0 Å². The van der Waals surface area contributed by atoms with E-state index in [4.69, 9.17) is 14.2 Å². The van der Waals surface area contributed by atoms with Gasteiger partial charge in [-0.15, -0.1) is 0 Å². The summed E-state index contributed by atoms with van der Waals surface area (Å²) in [6, 6.07) is 22.1. The summed E-state index contributed by atoms with van der Waals surface area (Å²) in [6.45, 7) is 1.16. The highest BCUT2D eigenvalue weighted by Gasteiger charge is 2.35. The zero-order valence-corrected chi connectivity index (χ0v) is 20.1. The van der Waals surface area contributed by atoms with Gasteiger partial charge in [-0.1, -0.05) is 36.4 Å². The topological polar surface area (TPSA) is 106 Å². The van der Waals surface area contributed by atoms with Crippen LogP contribution in [0.3, 0.4) is 0 Å². The van der Waals surface area contributed by atoms with E-state index in [-0.39, 0.29) is 37.5 Å². The van der Waals surface area contributed by atoms with E-state index in [2.05, 4.69) is 10.6 Å². The van der Waals surface area contributed by atoms with Gasteiger partial charge in [-0.05, 0) is 47.5 Å². The predicted molar refractivity (Wildman–Crippen MR) is 135 cm³/mol. The van der Waals surface area contributed by atoms with Crippen LogP contribution in [0.1, 0.15) is 17.5 Å². The van der Waals surface area contributed by atoms with E-state index in [1.807, 2.05) is 48.5 Å². The number of hydrogen-bond donors (Lipinski definition) is 2. The zero-order valence-electron chi connectivity index (χ0n) is 20.1. The third-order valence-corrected chi connectivity index (χ3v) is 6.25. The third-order valence-electron chi connectivity index (χ3n) is 6.25. The normalized spacial score (nSPS) is 15.9. The van der Waals surface area contributed by atoms with E-state index in [9.17, 15) is 14.4 Å². The summed E-state index contributed by atoms with van der Waals surface area (Å²) >= 11 is 0. The van der Waals surface area contributed by atoms with Gasteiger partial charge in [-0.25, -0.2) is 0 Å². The molecule has 3 amide bonds. The lowest BCUT2D eigenvalue weighted by atomic mass is 10.1. The maximum atomic E-state index is 12.7. The van der Waals surface area contributed by atoms with Crippen LogP contribution in [0.2, 0.25) is 0 Å². The fraction of sp³-hybridized carbons (Fsp3) is 0.250. The minimum atomic E-state index is -0.439. The van der Waals surface area contributed by atoms with Crippen molar-refractivity contribution in [1.29, 1.82) is 0 Å². The highest BCUT2D eigenvalue weighted by molar-refractivity contribution is 6.00. The summed E-state index contributed by atoms with van der Waals surface area (Å²) in [4.78, 5) is 39.0. The van der Waals surface area contributed by atoms with Gasteiger partial charge in [0.15, 0.2) is 18.1 Å². The summed E-state index contributed by atoms with van der Waals surface area (Å²) in [5.74, 6) is 0.919. The maximum Gasteiger partial charge on any atom is 0.258 e. The number of nitrogens with zero attached hydrogens (tertiary/aromatic N) is 1. The second-order valence-corrected chi connectivity index (χ2v) is 8.86. The minimum Gasteiger partial charge on any atom is -0.484 e. The molecule has 190 valence electrons. The largest absolute Gasteiger partial charge is 0.484 e.